The predicted octanol–water partition coefficient (Wildman–Crippen LogP) is 0.400. The van der Waals surface area contributed by atoms with Gasteiger partial charge in [0.2, 0.25) is 5.91 Å². The SMILES string of the molecule is COCC(C)NC(=S)NCCC(=O)NC(C)C. The minimum atomic E-state index is 0.0280. The molecule has 0 aromatic rings. The van der Waals surface area contributed by atoms with E-state index in [1.165, 1.54) is 0 Å². The fraction of sp³-hybridized carbons (Fsp3) is 0.818. The molecule has 1 unspecified atom stereocenters. The van der Waals surface area contributed by atoms with Gasteiger partial charge in [-0.1, -0.05) is 0 Å². The lowest BCUT2D eigenvalue weighted by molar-refractivity contribution is -0.121. The van der Waals surface area contributed by atoms with Crippen LogP contribution in [-0.2, 0) is 9.53 Å². The fourth-order valence-corrected chi connectivity index (χ4v) is 1.55. The van der Waals surface area contributed by atoms with Crippen molar-refractivity contribution < 1.29 is 9.53 Å². The maximum Gasteiger partial charge on any atom is 0.221 e. The van der Waals surface area contributed by atoms with Crippen LogP contribution in [0.4, 0.5) is 0 Å². The molecule has 0 aliphatic heterocycles. The molecule has 0 aromatic carbocycles. The highest BCUT2D eigenvalue weighted by Crippen LogP contribution is 1.85. The second kappa shape index (κ2) is 9.18. The largest absolute Gasteiger partial charge is 0.383 e. The van der Waals surface area contributed by atoms with Gasteiger partial charge >= 0.3 is 0 Å². The Hall–Kier alpha value is -0.880. The van der Waals surface area contributed by atoms with Crippen molar-refractivity contribution in [2.45, 2.75) is 39.3 Å². The number of hydrogen-bond donors (Lipinski definition) is 3. The van der Waals surface area contributed by atoms with Crippen LogP contribution in [-0.4, -0.2) is 43.4 Å². The lowest BCUT2D eigenvalue weighted by Gasteiger charge is -2.16. The van der Waals surface area contributed by atoms with Gasteiger partial charge in [0.15, 0.2) is 5.11 Å². The third kappa shape index (κ3) is 10.0. The van der Waals surface area contributed by atoms with E-state index in [1.807, 2.05) is 20.8 Å². The summed E-state index contributed by atoms with van der Waals surface area (Å²) in [5.74, 6) is 0.0280. The Morgan fingerprint density at radius 1 is 1.29 bits per heavy atom. The third-order valence-electron chi connectivity index (χ3n) is 1.88. The van der Waals surface area contributed by atoms with Crippen LogP contribution in [0.2, 0.25) is 0 Å². The van der Waals surface area contributed by atoms with E-state index in [1.54, 1.807) is 7.11 Å². The van der Waals surface area contributed by atoms with Crippen molar-refractivity contribution in [2.24, 2.45) is 0 Å². The average Bonchev–Trinajstić information content (AvgIpc) is 2.16. The topological polar surface area (TPSA) is 62.4 Å². The summed E-state index contributed by atoms with van der Waals surface area (Å²) in [5, 5.41) is 9.40. The summed E-state index contributed by atoms with van der Waals surface area (Å²) in [6.07, 6.45) is 0.415. The first-order valence-electron chi connectivity index (χ1n) is 5.78. The smallest absolute Gasteiger partial charge is 0.221 e. The number of carbonyl (C=O) groups excluding carboxylic acids is 1. The summed E-state index contributed by atoms with van der Waals surface area (Å²) in [5.41, 5.74) is 0. The number of carbonyl (C=O) groups is 1. The first kappa shape index (κ1) is 16.1. The standard InChI is InChI=1S/C11H23N3O2S/c1-8(2)13-10(15)5-6-12-11(17)14-9(3)7-16-4/h8-9H,5-7H2,1-4H3,(H,13,15)(H2,12,14,17). The van der Waals surface area contributed by atoms with Crippen LogP contribution in [0.5, 0.6) is 0 Å². The quantitative estimate of drug-likeness (QED) is 0.579. The molecule has 0 fully saturated rings. The van der Waals surface area contributed by atoms with Crippen LogP contribution in [0.15, 0.2) is 0 Å². The molecule has 6 heteroatoms. The van der Waals surface area contributed by atoms with Gasteiger partial charge in [0.1, 0.15) is 0 Å². The molecular formula is C11H23N3O2S. The van der Waals surface area contributed by atoms with Gasteiger partial charge < -0.3 is 20.7 Å². The van der Waals surface area contributed by atoms with Gasteiger partial charge in [-0.2, -0.15) is 0 Å². The lowest BCUT2D eigenvalue weighted by atomic mass is 10.3. The maximum absolute atomic E-state index is 11.3. The van der Waals surface area contributed by atoms with E-state index in [0.29, 0.717) is 24.7 Å². The normalized spacial score (nSPS) is 12.1. The minimum Gasteiger partial charge on any atom is -0.383 e. The molecule has 0 radical (unpaired) electrons. The molecular weight excluding hydrogens is 238 g/mol. The Morgan fingerprint density at radius 2 is 1.94 bits per heavy atom. The van der Waals surface area contributed by atoms with Crippen molar-refractivity contribution in [1.82, 2.24) is 16.0 Å². The molecule has 1 amide bonds. The van der Waals surface area contributed by atoms with Gasteiger partial charge in [-0.05, 0) is 33.0 Å². The van der Waals surface area contributed by atoms with Gasteiger partial charge in [0.25, 0.3) is 0 Å². The second-order valence-electron chi connectivity index (χ2n) is 4.23. The number of rotatable bonds is 7. The van der Waals surface area contributed by atoms with Gasteiger partial charge in [-0.3, -0.25) is 4.79 Å². The van der Waals surface area contributed by atoms with Gasteiger partial charge in [0.05, 0.1) is 6.61 Å². The molecule has 17 heavy (non-hydrogen) atoms. The summed E-state index contributed by atoms with van der Waals surface area (Å²) in [7, 11) is 1.64. The fourth-order valence-electron chi connectivity index (χ4n) is 1.25. The molecule has 0 spiro atoms. The van der Waals surface area contributed by atoms with Crippen LogP contribution in [0.25, 0.3) is 0 Å². The molecule has 100 valence electrons. The molecule has 0 bridgehead atoms. The molecule has 0 saturated heterocycles. The Morgan fingerprint density at radius 3 is 2.47 bits per heavy atom. The van der Waals surface area contributed by atoms with Crippen molar-refractivity contribution in [3.8, 4) is 0 Å². The van der Waals surface area contributed by atoms with Crippen molar-refractivity contribution in [3.63, 3.8) is 0 Å². The molecule has 0 heterocycles. The molecule has 0 aliphatic carbocycles. The monoisotopic (exact) mass is 261 g/mol. The highest BCUT2D eigenvalue weighted by Gasteiger charge is 2.05. The highest BCUT2D eigenvalue weighted by molar-refractivity contribution is 7.80. The van der Waals surface area contributed by atoms with Gasteiger partial charge in [-0.25, -0.2) is 0 Å². The highest BCUT2D eigenvalue weighted by atomic mass is 32.1. The first-order chi connectivity index (χ1) is 7.95. The zero-order valence-corrected chi connectivity index (χ0v) is 11.8. The van der Waals surface area contributed by atoms with E-state index in [2.05, 4.69) is 16.0 Å². The van der Waals surface area contributed by atoms with Crippen molar-refractivity contribution in [1.29, 1.82) is 0 Å². The van der Waals surface area contributed by atoms with Crippen LogP contribution in [0.1, 0.15) is 27.2 Å². The van der Waals surface area contributed by atoms with Crippen molar-refractivity contribution in [2.75, 3.05) is 20.3 Å². The predicted molar refractivity (Wildman–Crippen MR) is 73.0 cm³/mol. The van der Waals surface area contributed by atoms with Gasteiger partial charge in [0, 0.05) is 32.2 Å². The third-order valence-corrected chi connectivity index (χ3v) is 2.14. The molecule has 1 atom stereocenters. The number of ether oxygens (including phenoxy) is 1. The number of amides is 1. The Balaban J connectivity index is 3.60. The zero-order valence-electron chi connectivity index (χ0n) is 11.0. The number of methoxy groups -OCH3 is 1. The van der Waals surface area contributed by atoms with Crippen LogP contribution in [0.3, 0.4) is 0 Å². The van der Waals surface area contributed by atoms with E-state index in [0.717, 1.165) is 0 Å². The van der Waals surface area contributed by atoms with Crippen LogP contribution in [0, 0.1) is 0 Å². The molecule has 0 aliphatic rings. The summed E-state index contributed by atoms with van der Waals surface area (Å²) in [4.78, 5) is 11.3. The molecule has 5 nitrogen and oxygen atoms in total. The lowest BCUT2D eigenvalue weighted by Crippen LogP contribution is -2.43. The maximum atomic E-state index is 11.3. The summed E-state index contributed by atoms with van der Waals surface area (Å²) in [6.45, 7) is 6.97. The van der Waals surface area contributed by atoms with E-state index in [4.69, 9.17) is 17.0 Å². The number of nitrogens with one attached hydrogen (secondary N) is 3. The molecule has 0 aromatic heterocycles. The summed E-state index contributed by atoms with van der Waals surface area (Å²) >= 11 is 5.07. The summed E-state index contributed by atoms with van der Waals surface area (Å²) < 4.78 is 4.98. The Labute approximate surface area is 109 Å². The number of thiocarbonyl (C=S) groups is 1. The zero-order chi connectivity index (χ0) is 13.3. The minimum absolute atomic E-state index is 0.0280. The molecule has 0 saturated carbocycles. The van der Waals surface area contributed by atoms with Crippen molar-refractivity contribution >= 4 is 23.2 Å². The van der Waals surface area contributed by atoms with E-state index in [9.17, 15) is 4.79 Å². The van der Waals surface area contributed by atoms with Crippen LogP contribution < -0.4 is 16.0 Å². The molecule has 3 N–H and O–H groups in total. The second-order valence-corrected chi connectivity index (χ2v) is 4.64. The van der Waals surface area contributed by atoms with E-state index < -0.39 is 0 Å². The van der Waals surface area contributed by atoms with Crippen molar-refractivity contribution in [3.05, 3.63) is 0 Å². The Kier molecular flexibility index (Phi) is 8.71. The van der Waals surface area contributed by atoms with Crippen LogP contribution >= 0.6 is 12.2 Å². The van der Waals surface area contributed by atoms with Gasteiger partial charge in [-0.15, -0.1) is 0 Å². The van der Waals surface area contributed by atoms with E-state index >= 15 is 0 Å². The Bertz CT molecular complexity index is 247. The first-order valence-corrected chi connectivity index (χ1v) is 6.19. The number of hydrogen-bond acceptors (Lipinski definition) is 3. The van der Waals surface area contributed by atoms with E-state index in [-0.39, 0.29) is 18.0 Å². The summed E-state index contributed by atoms with van der Waals surface area (Å²) in [6, 6.07) is 0.332. The molecule has 0 rings (SSSR count). The average molecular weight is 261 g/mol.